The van der Waals surface area contributed by atoms with Gasteiger partial charge in [0.2, 0.25) is 5.69 Å². The van der Waals surface area contributed by atoms with Gasteiger partial charge in [-0.1, -0.05) is 30.3 Å². The number of aromatic nitrogens is 6. The van der Waals surface area contributed by atoms with Crippen LogP contribution in [0.3, 0.4) is 0 Å². The van der Waals surface area contributed by atoms with Gasteiger partial charge in [0.15, 0.2) is 24.3 Å². The zero-order valence-corrected chi connectivity index (χ0v) is 27.8. The molecule has 0 bridgehead atoms. The molecule has 0 aliphatic carbocycles. The Morgan fingerprint density at radius 2 is 1.19 bits per heavy atom. The molecule has 6 aromatic rings. The minimum Gasteiger partial charge on any atom is -0.712 e. The van der Waals surface area contributed by atoms with Crippen LogP contribution in [-0.4, -0.2) is 21.2 Å². The van der Waals surface area contributed by atoms with Crippen molar-refractivity contribution in [2.45, 2.75) is 25.2 Å². The number of H-pyrrole nitrogens is 3. The second-order valence-corrected chi connectivity index (χ2v) is 9.84. The maximum absolute atomic E-state index is 4.91. The molecule has 9 nitrogen and oxygen atoms in total. The van der Waals surface area contributed by atoms with Crippen molar-refractivity contribution in [3.8, 4) is 0 Å². The SMILES string of the molecule is C(=N[C@H](c1cccc[nH+]1)C([N-][CH-]c1cccc[nH+]1)c1cccc[nH+]1)c1ccccn1.[Li+].[Ti+4].c1ccc(C[N-]Cc2ccccn2)nc1. The molecule has 0 fully saturated rings. The summed E-state index contributed by atoms with van der Waals surface area (Å²) >= 11 is 0. The molecule has 224 valence electrons. The van der Waals surface area contributed by atoms with Gasteiger partial charge in [0.1, 0.15) is 6.04 Å². The van der Waals surface area contributed by atoms with Crippen LogP contribution in [0.2, 0.25) is 0 Å². The summed E-state index contributed by atoms with van der Waals surface area (Å²) < 4.78 is 0. The number of hydrogen-bond donors (Lipinski definition) is 0. The summed E-state index contributed by atoms with van der Waals surface area (Å²) in [6, 6.07) is 34.8. The molecule has 6 rings (SSSR count). The summed E-state index contributed by atoms with van der Waals surface area (Å²) in [5.41, 5.74) is 5.63. The van der Waals surface area contributed by atoms with E-state index in [0.717, 1.165) is 34.2 Å². The second kappa shape index (κ2) is 21.5. The van der Waals surface area contributed by atoms with Gasteiger partial charge in [-0.25, -0.2) is 15.0 Å². The first kappa shape index (κ1) is 37.1. The van der Waals surface area contributed by atoms with Gasteiger partial charge < -0.3 is 10.6 Å². The topological polar surface area (TPSA) is 122 Å². The number of rotatable bonds is 12. The first-order valence-corrected chi connectivity index (χ1v) is 14.7. The Balaban J connectivity index is 0.000000299. The number of aromatic amines is 3. The molecule has 0 aliphatic heterocycles. The molecule has 2 atom stereocenters. The average molecular weight is 649 g/mol. The van der Waals surface area contributed by atoms with Gasteiger partial charge in [-0.2, -0.15) is 0 Å². The predicted molar refractivity (Wildman–Crippen MR) is 172 cm³/mol. The van der Waals surface area contributed by atoms with Gasteiger partial charge in [-0.05, 0) is 48.5 Å². The van der Waals surface area contributed by atoms with Crippen LogP contribution in [0.5, 0.6) is 0 Å². The Morgan fingerprint density at radius 3 is 1.70 bits per heavy atom. The van der Waals surface area contributed by atoms with Crippen molar-refractivity contribution in [2.75, 3.05) is 0 Å². The third-order valence-electron chi connectivity index (χ3n) is 6.57. The molecule has 1 unspecified atom stereocenters. The second-order valence-electron chi connectivity index (χ2n) is 9.84. The minimum absolute atomic E-state index is 0. The molecule has 6 heterocycles. The number of hydrogen-bond acceptors (Lipinski definition) is 4. The Labute approximate surface area is 303 Å². The van der Waals surface area contributed by atoms with Crippen molar-refractivity contribution in [1.29, 1.82) is 0 Å². The summed E-state index contributed by atoms with van der Waals surface area (Å²) in [4.78, 5) is 27.5. The Hall–Kier alpha value is -4.33. The van der Waals surface area contributed by atoms with Crippen molar-refractivity contribution < 1.29 is 55.5 Å². The Morgan fingerprint density at radius 1 is 0.638 bits per heavy atom. The molecule has 0 saturated heterocycles. The number of aliphatic imine (C=N–C) groups is 1. The van der Waals surface area contributed by atoms with E-state index in [2.05, 4.69) is 35.2 Å². The zero-order valence-electron chi connectivity index (χ0n) is 26.3. The van der Waals surface area contributed by atoms with E-state index in [1.807, 2.05) is 134 Å². The quantitative estimate of drug-likeness (QED) is 0.115. The van der Waals surface area contributed by atoms with Crippen LogP contribution in [0.1, 0.15) is 46.2 Å². The maximum atomic E-state index is 4.91. The van der Waals surface area contributed by atoms with E-state index in [4.69, 9.17) is 10.3 Å². The largest absolute Gasteiger partial charge is 4.00 e. The number of nitrogens with one attached hydrogen (secondary N) is 3. The van der Waals surface area contributed by atoms with Crippen molar-refractivity contribution in [1.82, 2.24) is 15.0 Å². The number of nitrogens with zero attached hydrogens (tertiary/aromatic N) is 6. The molecule has 6 aromatic heterocycles. The van der Waals surface area contributed by atoms with Crippen LogP contribution in [-0.2, 0) is 34.8 Å². The van der Waals surface area contributed by atoms with E-state index in [1.165, 1.54) is 0 Å². The minimum atomic E-state index is -0.271. The van der Waals surface area contributed by atoms with E-state index < -0.39 is 0 Å². The predicted octanol–water partition coefficient (Wildman–Crippen LogP) is 2.56. The summed E-state index contributed by atoms with van der Waals surface area (Å²) in [5, 5.41) is 9.30. The van der Waals surface area contributed by atoms with E-state index in [-0.39, 0.29) is 52.7 Å². The van der Waals surface area contributed by atoms with Gasteiger partial charge in [0.25, 0.3) is 0 Å². The zero-order chi connectivity index (χ0) is 30.8. The average Bonchev–Trinajstić information content (AvgIpc) is 3.12. The first-order chi connectivity index (χ1) is 22.3. The first-order valence-electron chi connectivity index (χ1n) is 14.7. The normalized spacial score (nSPS) is 11.6. The van der Waals surface area contributed by atoms with Gasteiger partial charge in [0.05, 0.1) is 5.69 Å². The standard InChI is InChI=1S/C24H20N6.C12H12N3.Li.Ti/c1-5-13-25-19(9-1)17-29-23(21-11-3-7-15-27-21)24(22-12-4-8-16-28-22)30-18-20-10-2-6-14-26-20;1-3-7-14-11(5-1)9-13-10-12-6-2-4-8-15-12;;/h1-18,23-24H;1-8H,9-10H2;;/q-2;-1;+1;+4/p+3/t23-,24?;;;/m1.../s1. The molecule has 0 aromatic carbocycles. The van der Waals surface area contributed by atoms with E-state index in [0.29, 0.717) is 13.1 Å². The third kappa shape index (κ3) is 12.8. The molecule has 3 N–H and O–H groups in total. The van der Waals surface area contributed by atoms with Crippen molar-refractivity contribution in [3.05, 3.63) is 198 Å². The van der Waals surface area contributed by atoms with Crippen LogP contribution in [0.4, 0.5) is 0 Å². The Kier molecular flexibility index (Phi) is 17.0. The van der Waals surface area contributed by atoms with Crippen LogP contribution >= 0.6 is 0 Å². The van der Waals surface area contributed by atoms with Crippen LogP contribution < -0.4 is 33.8 Å². The molecule has 0 radical (unpaired) electrons. The van der Waals surface area contributed by atoms with Crippen molar-refractivity contribution in [2.24, 2.45) is 4.99 Å². The van der Waals surface area contributed by atoms with Gasteiger partial charge >= 0.3 is 40.6 Å². The van der Waals surface area contributed by atoms with Crippen LogP contribution in [0.25, 0.3) is 10.6 Å². The maximum Gasteiger partial charge on any atom is 4.00 e. The monoisotopic (exact) mass is 648 g/mol. The van der Waals surface area contributed by atoms with Crippen molar-refractivity contribution >= 4 is 6.21 Å². The van der Waals surface area contributed by atoms with E-state index >= 15 is 0 Å². The number of pyridine rings is 6. The summed E-state index contributed by atoms with van der Waals surface area (Å²) in [6.07, 6.45) is 12.8. The summed E-state index contributed by atoms with van der Waals surface area (Å²) in [6.45, 7) is 3.15. The van der Waals surface area contributed by atoms with E-state index in [9.17, 15) is 0 Å². The Bertz CT molecular complexity index is 1630. The molecular formula is C36H35LiN9Ti+5. The van der Waals surface area contributed by atoms with Crippen LogP contribution in [0, 0.1) is 6.54 Å². The molecule has 0 spiro atoms. The van der Waals surface area contributed by atoms with Crippen molar-refractivity contribution in [3.63, 3.8) is 0 Å². The molecule has 0 amide bonds. The molecular weight excluding hydrogens is 613 g/mol. The fraction of sp³-hybridized carbons (Fsp3) is 0.111. The third-order valence-corrected chi connectivity index (χ3v) is 6.57. The van der Waals surface area contributed by atoms with E-state index in [1.54, 1.807) is 24.8 Å². The summed E-state index contributed by atoms with van der Waals surface area (Å²) in [5.74, 6) is 0. The molecule has 11 heteroatoms. The smallest absolute Gasteiger partial charge is 0.712 e. The van der Waals surface area contributed by atoms with Gasteiger partial charge in [-0.3, -0.25) is 26.5 Å². The summed E-state index contributed by atoms with van der Waals surface area (Å²) in [7, 11) is 0. The fourth-order valence-corrected chi connectivity index (χ4v) is 4.37. The van der Waals surface area contributed by atoms with Crippen LogP contribution in [0.15, 0.2) is 151 Å². The van der Waals surface area contributed by atoms with Gasteiger partial charge in [0, 0.05) is 66.2 Å². The molecule has 0 aliphatic rings. The molecule has 47 heavy (non-hydrogen) atoms. The van der Waals surface area contributed by atoms with Gasteiger partial charge in [-0.15, -0.1) is 25.2 Å². The molecule has 0 saturated carbocycles. The fourth-order valence-electron chi connectivity index (χ4n) is 4.37.